The Morgan fingerprint density at radius 3 is 2.65 bits per heavy atom. The fraction of sp³-hybridized carbons (Fsp3) is 0.0833. The maximum atomic E-state index is 13.8. The van der Waals surface area contributed by atoms with Gasteiger partial charge in [0.25, 0.3) is 5.91 Å². The highest BCUT2D eigenvalue weighted by molar-refractivity contribution is 6.06. The lowest BCUT2D eigenvalue weighted by atomic mass is 10.2. The summed E-state index contributed by atoms with van der Waals surface area (Å²) in [4.78, 5) is 17.7. The number of nitrogens with zero attached hydrogens (tertiary/aromatic N) is 3. The Bertz CT molecular complexity index is 1450. The zero-order valence-corrected chi connectivity index (χ0v) is 16.6. The zero-order chi connectivity index (χ0) is 21.5. The molecule has 0 atom stereocenters. The Kier molecular flexibility index (Phi) is 4.51. The van der Waals surface area contributed by atoms with Gasteiger partial charge in [0, 0.05) is 36.1 Å². The summed E-state index contributed by atoms with van der Waals surface area (Å²) in [6.07, 6.45) is 1.90. The number of aryl methyl sites for hydroxylation is 1. The second-order valence-corrected chi connectivity index (χ2v) is 7.44. The van der Waals surface area contributed by atoms with Crippen molar-refractivity contribution in [2.75, 3.05) is 5.32 Å². The van der Waals surface area contributed by atoms with Gasteiger partial charge in [-0.05, 0) is 60.2 Å². The number of anilines is 1. The Morgan fingerprint density at radius 2 is 1.81 bits per heavy atom. The van der Waals surface area contributed by atoms with Crippen LogP contribution < -0.4 is 5.32 Å². The van der Waals surface area contributed by atoms with Crippen molar-refractivity contribution in [1.29, 1.82) is 0 Å². The summed E-state index contributed by atoms with van der Waals surface area (Å²) in [5, 5.41) is 4.39. The van der Waals surface area contributed by atoms with Gasteiger partial charge in [0.2, 0.25) is 0 Å². The summed E-state index contributed by atoms with van der Waals surface area (Å²) >= 11 is 0. The third-order valence-corrected chi connectivity index (χ3v) is 5.28. The second kappa shape index (κ2) is 7.36. The van der Waals surface area contributed by atoms with Gasteiger partial charge in [-0.2, -0.15) is 0 Å². The third kappa shape index (κ3) is 3.54. The first-order valence-corrected chi connectivity index (χ1v) is 9.74. The van der Waals surface area contributed by atoms with Crippen molar-refractivity contribution in [3.8, 4) is 0 Å². The van der Waals surface area contributed by atoms with Crippen molar-refractivity contribution in [3.63, 3.8) is 0 Å². The molecule has 1 N–H and O–H groups in total. The third-order valence-electron chi connectivity index (χ3n) is 5.28. The summed E-state index contributed by atoms with van der Waals surface area (Å²) in [5.41, 5.74) is 2.46. The van der Waals surface area contributed by atoms with E-state index in [9.17, 15) is 13.6 Å². The van der Waals surface area contributed by atoms with E-state index in [1.54, 1.807) is 34.9 Å². The van der Waals surface area contributed by atoms with Crippen molar-refractivity contribution in [2.45, 2.75) is 6.54 Å². The normalized spacial score (nSPS) is 11.3. The summed E-state index contributed by atoms with van der Waals surface area (Å²) in [6, 6.07) is 17.7. The van der Waals surface area contributed by atoms with Crippen LogP contribution in [-0.2, 0) is 13.6 Å². The lowest BCUT2D eigenvalue weighted by molar-refractivity contribution is 0.101. The molecular weight excluding hydrogens is 398 g/mol. The van der Waals surface area contributed by atoms with Gasteiger partial charge in [-0.1, -0.05) is 12.1 Å². The molecule has 0 saturated heterocycles. The number of halogens is 2. The molecule has 0 saturated carbocycles. The van der Waals surface area contributed by atoms with Crippen molar-refractivity contribution in [2.24, 2.45) is 7.05 Å². The molecule has 0 aliphatic rings. The molecule has 7 heteroatoms. The smallest absolute Gasteiger partial charge is 0.273 e. The van der Waals surface area contributed by atoms with Gasteiger partial charge in [-0.25, -0.2) is 13.8 Å². The molecule has 5 aromatic rings. The average molecular weight is 416 g/mol. The number of carbonyl (C=O) groups is 1. The van der Waals surface area contributed by atoms with Crippen LogP contribution in [0.25, 0.3) is 21.9 Å². The summed E-state index contributed by atoms with van der Waals surface area (Å²) in [5.74, 6) is -0.716. The number of aromatic nitrogens is 3. The van der Waals surface area contributed by atoms with Crippen LogP contribution in [-0.4, -0.2) is 20.0 Å². The number of hydrogen-bond acceptors (Lipinski definition) is 2. The van der Waals surface area contributed by atoms with E-state index in [1.807, 2.05) is 29.9 Å². The van der Waals surface area contributed by atoms with Gasteiger partial charge in [-0.15, -0.1) is 0 Å². The molecule has 1 amide bonds. The van der Waals surface area contributed by atoms with E-state index >= 15 is 0 Å². The highest BCUT2D eigenvalue weighted by Gasteiger charge is 2.18. The van der Waals surface area contributed by atoms with Gasteiger partial charge in [0.1, 0.15) is 28.8 Å². The van der Waals surface area contributed by atoms with Crippen LogP contribution in [0.1, 0.15) is 16.1 Å². The largest absolute Gasteiger partial charge is 0.336 e. The van der Waals surface area contributed by atoms with E-state index in [0.717, 1.165) is 11.0 Å². The number of nitrogens with one attached hydrogen (secondary N) is 1. The quantitative estimate of drug-likeness (QED) is 0.443. The molecule has 0 spiro atoms. The first-order valence-electron chi connectivity index (χ1n) is 9.74. The minimum atomic E-state index is -0.391. The highest BCUT2D eigenvalue weighted by atomic mass is 19.1. The molecule has 2 aromatic carbocycles. The molecule has 3 aromatic heterocycles. The Labute approximate surface area is 176 Å². The van der Waals surface area contributed by atoms with E-state index in [0.29, 0.717) is 28.0 Å². The number of amides is 1. The van der Waals surface area contributed by atoms with Gasteiger partial charge in [-0.3, -0.25) is 4.79 Å². The molecule has 0 fully saturated rings. The summed E-state index contributed by atoms with van der Waals surface area (Å²) < 4.78 is 31.1. The number of pyridine rings is 1. The zero-order valence-electron chi connectivity index (χ0n) is 16.6. The molecule has 0 unspecified atom stereocenters. The molecule has 0 radical (unpaired) electrons. The first-order chi connectivity index (χ1) is 15.0. The van der Waals surface area contributed by atoms with Gasteiger partial charge in [0.05, 0.1) is 0 Å². The van der Waals surface area contributed by atoms with E-state index < -0.39 is 5.82 Å². The van der Waals surface area contributed by atoms with Gasteiger partial charge >= 0.3 is 0 Å². The van der Waals surface area contributed by atoms with Crippen molar-refractivity contribution < 1.29 is 13.6 Å². The van der Waals surface area contributed by atoms with Gasteiger partial charge < -0.3 is 14.5 Å². The van der Waals surface area contributed by atoms with Crippen molar-refractivity contribution in [1.82, 2.24) is 14.1 Å². The Hall–Kier alpha value is -4.00. The maximum absolute atomic E-state index is 13.8. The van der Waals surface area contributed by atoms with Crippen LogP contribution in [0.15, 0.2) is 72.9 Å². The van der Waals surface area contributed by atoms with E-state index in [2.05, 4.69) is 10.3 Å². The topological polar surface area (TPSA) is 51.9 Å². The molecule has 5 nitrogen and oxygen atoms in total. The van der Waals surface area contributed by atoms with E-state index in [-0.39, 0.29) is 18.3 Å². The second-order valence-electron chi connectivity index (χ2n) is 7.44. The molecule has 0 aliphatic carbocycles. The fourth-order valence-corrected chi connectivity index (χ4v) is 3.80. The number of carbonyl (C=O) groups excluding carboxylic acids is 1. The molecule has 3 heterocycles. The SMILES string of the molecule is Cn1ccc2ccc(NC(=O)c3cc4cc(F)ccc4n3Cc3cccc(F)c3)nc21. The van der Waals surface area contributed by atoms with Crippen LogP contribution in [0, 0.1) is 11.6 Å². The van der Waals surface area contributed by atoms with Crippen LogP contribution in [0.5, 0.6) is 0 Å². The fourth-order valence-electron chi connectivity index (χ4n) is 3.80. The lowest BCUT2D eigenvalue weighted by Crippen LogP contribution is -2.18. The predicted molar refractivity (Wildman–Crippen MR) is 116 cm³/mol. The number of benzene rings is 2. The molecule has 5 rings (SSSR count). The maximum Gasteiger partial charge on any atom is 0.273 e. The number of rotatable bonds is 4. The van der Waals surface area contributed by atoms with Crippen LogP contribution in [0.4, 0.5) is 14.6 Å². The Balaban J connectivity index is 1.55. The number of hydrogen-bond donors (Lipinski definition) is 1. The minimum absolute atomic E-state index is 0.264. The minimum Gasteiger partial charge on any atom is -0.336 e. The number of fused-ring (bicyclic) bond motifs is 2. The first kappa shape index (κ1) is 19.0. The molecular formula is C24H18F2N4O. The van der Waals surface area contributed by atoms with Crippen molar-refractivity contribution in [3.05, 3.63) is 95.8 Å². The standard InChI is InChI=1S/C24H18F2N4O/c1-29-10-9-16-5-8-22(27-23(16)29)28-24(31)21-13-17-12-19(26)6-7-20(17)30(21)14-15-3-2-4-18(25)11-15/h2-13H,14H2,1H3,(H,27,28,31). The highest BCUT2D eigenvalue weighted by Crippen LogP contribution is 2.24. The summed E-state index contributed by atoms with van der Waals surface area (Å²) in [7, 11) is 1.88. The van der Waals surface area contributed by atoms with Crippen LogP contribution in [0.3, 0.4) is 0 Å². The lowest BCUT2D eigenvalue weighted by Gasteiger charge is -2.12. The molecule has 154 valence electrons. The summed E-state index contributed by atoms with van der Waals surface area (Å²) in [6.45, 7) is 0.264. The van der Waals surface area contributed by atoms with E-state index in [4.69, 9.17) is 0 Å². The Morgan fingerprint density at radius 1 is 0.968 bits per heavy atom. The van der Waals surface area contributed by atoms with Crippen LogP contribution in [0.2, 0.25) is 0 Å². The monoisotopic (exact) mass is 416 g/mol. The van der Waals surface area contributed by atoms with Gasteiger partial charge in [0.15, 0.2) is 0 Å². The molecule has 0 aliphatic heterocycles. The molecule has 0 bridgehead atoms. The molecule has 31 heavy (non-hydrogen) atoms. The van der Waals surface area contributed by atoms with Crippen molar-refractivity contribution >= 4 is 33.7 Å². The van der Waals surface area contributed by atoms with E-state index in [1.165, 1.54) is 24.3 Å². The average Bonchev–Trinajstić information content (AvgIpc) is 3.28. The predicted octanol–water partition coefficient (Wildman–Crippen LogP) is 5.11. The van der Waals surface area contributed by atoms with Crippen LogP contribution >= 0.6 is 0 Å².